The Labute approximate surface area is 175 Å². The maximum Gasteiger partial charge on any atom is 0.242 e. The normalized spacial score (nSPS) is 17.7. The summed E-state index contributed by atoms with van der Waals surface area (Å²) in [5.74, 6) is -0.264. The second-order valence-electron chi connectivity index (χ2n) is 6.79. The number of amides is 2. The van der Waals surface area contributed by atoms with Crippen molar-refractivity contribution in [3.8, 4) is 0 Å². The van der Waals surface area contributed by atoms with Crippen molar-refractivity contribution in [1.29, 1.82) is 0 Å². The second kappa shape index (κ2) is 10.2. The van der Waals surface area contributed by atoms with Crippen LogP contribution in [0.5, 0.6) is 0 Å². The molecule has 1 N–H and O–H groups in total. The molecule has 1 saturated heterocycles. The number of para-hydroxylation sites is 1. The number of benzene rings is 2. The summed E-state index contributed by atoms with van der Waals surface area (Å²) in [6, 6.07) is 17.1. The molecule has 2 aromatic carbocycles. The van der Waals surface area contributed by atoms with E-state index < -0.39 is 5.25 Å². The molecule has 1 fully saturated rings. The fourth-order valence-electron chi connectivity index (χ4n) is 3.01. The Hall–Kier alpha value is -2.64. The van der Waals surface area contributed by atoms with Gasteiger partial charge in [0.15, 0.2) is 5.17 Å². The molecular weight excluding hydrogens is 386 g/mol. The monoisotopic (exact) mass is 411 g/mol. The Kier molecular flexibility index (Phi) is 7.43. The Morgan fingerprint density at radius 2 is 2.00 bits per heavy atom. The lowest BCUT2D eigenvalue weighted by molar-refractivity contribution is -0.128. The van der Waals surface area contributed by atoms with Gasteiger partial charge in [-0.05, 0) is 43.2 Å². The molecule has 0 bridgehead atoms. The number of carbonyl (C=O) groups is 2. The topological polar surface area (TPSA) is 71.0 Å². The standard InChI is InChI=1S/C22H25N3O3S/c1-16-8-6-11-18(14-16)23-20(26)15-19-21(27)25(12-7-13-28-2)22(29-19)24-17-9-4-3-5-10-17/h3-6,8-11,14,19H,7,12-13,15H2,1-2H3,(H,23,26). The summed E-state index contributed by atoms with van der Waals surface area (Å²) in [7, 11) is 1.64. The Morgan fingerprint density at radius 3 is 2.72 bits per heavy atom. The summed E-state index contributed by atoms with van der Waals surface area (Å²) in [6.45, 7) is 3.04. The molecule has 2 aromatic rings. The summed E-state index contributed by atoms with van der Waals surface area (Å²) >= 11 is 1.35. The molecule has 6 nitrogen and oxygen atoms in total. The number of nitrogens with one attached hydrogen (secondary N) is 1. The number of thioether (sulfide) groups is 1. The fourth-order valence-corrected chi connectivity index (χ4v) is 4.20. The highest BCUT2D eigenvalue weighted by Gasteiger charge is 2.38. The molecule has 1 aliphatic heterocycles. The number of amidine groups is 1. The van der Waals surface area contributed by atoms with E-state index in [4.69, 9.17) is 4.74 Å². The van der Waals surface area contributed by atoms with Crippen LogP contribution in [0.4, 0.5) is 11.4 Å². The summed E-state index contributed by atoms with van der Waals surface area (Å²) in [5, 5.41) is 3.03. The van der Waals surface area contributed by atoms with Gasteiger partial charge in [0.05, 0.1) is 5.69 Å². The number of anilines is 1. The highest BCUT2D eigenvalue weighted by atomic mass is 32.2. The van der Waals surface area contributed by atoms with Gasteiger partial charge in [-0.25, -0.2) is 4.99 Å². The van der Waals surface area contributed by atoms with Crippen molar-refractivity contribution in [3.63, 3.8) is 0 Å². The van der Waals surface area contributed by atoms with Crippen LogP contribution >= 0.6 is 11.8 Å². The van der Waals surface area contributed by atoms with Crippen molar-refractivity contribution in [3.05, 3.63) is 60.2 Å². The first-order valence-corrected chi connectivity index (χ1v) is 10.4. The smallest absolute Gasteiger partial charge is 0.242 e. The van der Waals surface area contributed by atoms with E-state index in [0.29, 0.717) is 24.7 Å². The van der Waals surface area contributed by atoms with Crippen molar-refractivity contribution in [2.75, 3.05) is 25.6 Å². The number of nitrogens with zero attached hydrogens (tertiary/aromatic N) is 2. The van der Waals surface area contributed by atoms with Gasteiger partial charge >= 0.3 is 0 Å². The van der Waals surface area contributed by atoms with E-state index in [2.05, 4.69) is 10.3 Å². The van der Waals surface area contributed by atoms with Gasteiger partial charge in [0.25, 0.3) is 0 Å². The molecule has 1 heterocycles. The number of rotatable bonds is 8. The van der Waals surface area contributed by atoms with Crippen LogP contribution in [-0.4, -0.2) is 47.4 Å². The first kappa shape index (κ1) is 21.1. The first-order valence-electron chi connectivity index (χ1n) is 9.54. The second-order valence-corrected chi connectivity index (χ2v) is 7.96. The van der Waals surface area contributed by atoms with E-state index in [0.717, 1.165) is 16.9 Å². The maximum atomic E-state index is 12.9. The Morgan fingerprint density at radius 1 is 1.21 bits per heavy atom. The lowest BCUT2D eigenvalue weighted by Gasteiger charge is -2.16. The highest BCUT2D eigenvalue weighted by molar-refractivity contribution is 8.15. The van der Waals surface area contributed by atoms with Gasteiger partial charge in [-0.1, -0.05) is 42.1 Å². The van der Waals surface area contributed by atoms with Gasteiger partial charge in [0, 0.05) is 32.4 Å². The minimum absolute atomic E-state index is 0.0832. The molecule has 1 atom stereocenters. The molecule has 2 amide bonds. The van der Waals surface area contributed by atoms with Crippen LogP contribution < -0.4 is 5.32 Å². The average Bonchev–Trinajstić information content (AvgIpc) is 2.97. The fraction of sp³-hybridized carbons (Fsp3) is 0.318. The number of methoxy groups -OCH3 is 1. The predicted molar refractivity (Wildman–Crippen MR) is 118 cm³/mol. The Bertz CT molecular complexity index is 886. The van der Waals surface area contributed by atoms with Crippen LogP contribution in [0.25, 0.3) is 0 Å². The van der Waals surface area contributed by atoms with E-state index in [9.17, 15) is 9.59 Å². The lowest BCUT2D eigenvalue weighted by atomic mass is 10.2. The van der Waals surface area contributed by atoms with Crippen LogP contribution in [0.3, 0.4) is 0 Å². The number of hydrogen-bond acceptors (Lipinski definition) is 5. The third kappa shape index (κ3) is 5.92. The highest BCUT2D eigenvalue weighted by Crippen LogP contribution is 2.32. The third-order valence-electron chi connectivity index (χ3n) is 4.40. The van der Waals surface area contributed by atoms with E-state index in [1.807, 2.05) is 61.5 Å². The van der Waals surface area contributed by atoms with Gasteiger partial charge in [0.2, 0.25) is 11.8 Å². The molecule has 0 radical (unpaired) electrons. The quantitative estimate of drug-likeness (QED) is 0.667. The van der Waals surface area contributed by atoms with E-state index in [-0.39, 0.29) is 18.2 Å². The zero-order valence-electron chi connectivity index (χ0n) is 16.6. The molecule has 0 saturated carbocycles. The zero-order chi connectivity index (χ0) is 20.6. The molecular formula is C22H25N3O3S. The number of aliphatic imine (C=N–C) groups is 1. The van der Waals surface area contributed by atoms with Crippen molar-refractivity contribution >= 4 is 40.1 Å². The minimum atomic E-state index is -0.482. The number of aryl methyl sites for hydroxylation is 1. The molecule has 29 heavy (non-hydrogen) atoms. The summed E-state index contributed by atoms with van der Waals surface area (Å²) in [4.78, 5) is 31.7. The van der Waals surface area contributed by atoms with E-state index in [1.165, 1.54) is 11.8 Å². The molecule has 1 aliphatic rings. The SMILES string of the molecule is COCCCN1C(=O)C(CC(=O)Nc2cccc(C)c2)SC1=Nc1ccccc1. The van der Waals surface area contributed by atoms with Crippen LogP contribution in [0, 0.1) is 6.92 Å². The summed E-state index contributed by atoms with van der Waals surface area (Å²) in [6.07, 6.45) is 0.810. The van der Waals surface area contributed by atoms with Crippen LogP contribution in [0.2, 0.25) is 0 Å². The maximum absolute atomic E-state index is 12.9. The van der Waals surface area contributed by atoms with Gasteiger partial charge in [-0.3, -0.25) is 14.5 Å². The lowest BCUT2D eigenvalue weighted by Crippen LogP contribution is -2.34. The summed E-state index contributed by atoms with van der Waals surface area (Å²) < 4.78 is 5.11. The van der Waals surface area contributed by atoms with E-state index in [1.54, 1.807) is 12.0 Å². The van der Waals surface area contributed by atoms with Crippen molar-refractivity contribution in [1.82, 2.24) is 4.90 Å². The molecule has 0 aliphatic carbocycles. The van der Waals surface area contributed by atoms with Crippen LogP contribution in [-0.2, 0) is 14.3 Å². The average molecular weight is 412 g/mol. The third-order valence-corrected chi connectivity index (χ3v) is 5.58. The van der Waals surface area contributed by atoms with Crippen molar-refractivity contribution in [2.24, 2.45) is 4.99 Å². The van der Waals surface area contributed by atoms with E-state index >= 15 is 0 Å². The van der Waals surface area contributed by atoms with Crippen molar-refractivity contribution in [2.45, 2.75) is 25.0 Å². The minimum Gasteiger partial charge on any atom is -0.385 e. The molecule has 3 rings (SSSR count). The van der Waals surface area contributed by atoms with Gasteiger partial charge in [-0.15, -0.1) is 0 Å². The molecule has 0 aromatic heterocycles. The molecule has 0 spiro atoms. The van der Waals surface area contributed by atoms with Crippen molar-refractivity contribution < 1.29 is 14.3 Å². The molecule has 152 valence electrons. The zero-order valence-corrected chi connectivity index (χ0v) is 17.4. The van der Waals surface area contributed by atoms with Gasteiger partial charge in [0.1, 0.15) is 5.25 Å². The van der Waals surface area contributed by atoms with Gasteiger partial charge < -0.3 is 10.1 Å². The first-order chi connectivity index (χ1) is 14.1. The number of ether oxygens (including phenoxy) is 1. The Balaban J connectivity index is 1.71. The van der Waals surface area contributed by atoms with Crippen LogP contribution in [0.1, 0.15) is 18.4 Å². The predicted octanol–water partition coefficient (Wildman–Crippen LogP) is 3.99. The largest absolute Gasteiger partial charge is 0.385 e. The van der Waals surface area contributed by atoms with Gasteiger partial charge in [-0.2, -0.15) is 0 Å². The molecule has 7 heteroatoms. The molecule has 1 unspecified atom stereocenters. The van der Waals surface area contributed by atoms with Crippen LogP contribution in [0.15, 0.2) is 59.6 Å². The number of carbonyl (C=O) groups excluding carboxylic acids is 2. The summed E-state index contributed by atoms with van der Waals surface area (Å²) in [5.41, 5.74) is 2.58. The number of hydrogen-bond donors (Lipinski definition) is 1.